The Kier molecular flexibility index (Phi) is 6.10. The highest BCUT2D eigenvalue weighted by Crippen LogP contribution is 2.26. The van der Waals surface area contributed by atoms with Crippen molar-refractivity contribution in [3.63, 3.8) is 0 Å². The molecule has 0 amide bonds. The summed E-state index contributed by atoms with van der Waals surface area (Å²) in [6.45, 7) is 5.22. The second-order valence-corrected chi connectivity index (χ2v) is 6.45. The lowest BCUT2D eigenvalue weighted by Gasteiger charge is -2.21. The number of hydrogen-bond acceptors (Lipinski definition) is 1. The summed E-state index contributed by atoms with van der Waals surface area (Å²) in [5.41, 5.74) is 2.42. The van der Waals surface area contributed by atoms with Crippen molar-refractivity contribution in [1.29, 1.82) is 0 Å². The van der Waals surface area contributed by atoms with Crippen molar-refractivity contribution in [2.45, 2.75) is 32.2 Å². The van der Waals surface area contributed by atoms with Crippen LogP contribution in [-0.2, 0) is 6.42 Å². The summed E-state index contributed by atoms with van der Waals surface area (Å²) < 4.78 is 0. The van der Waals surface area contributed by atoms with E-state index in [2.05, 4.69) is 31.3 Å². The van der Waals surface area contributed by atoms with E-state index >= 15 is 0 Å². The van der Waals surface area contributed by atoms with Crippen molar-refractivity contribution in [3.05, 3.63) is 69.7 Å². The third-order valence-corrected chi connectivity index (χ3v) is 4.12. The smallest absolute Gasteiger partial charge is 0.0438 e. The second kappa shape index (κ2) is 7.84. The van der Waals surface area contributed by atoms with Crippen LogP contribution in [-0.4, -0.2) is 12.6 Å². The Morgan fingerprint density at radius 1 is 1.00 bits per heavy atom. The van der Waals surface area contributed by atoms with Gasteiger partial charge in [0.05, 0.1) is 0 Å². The molecule has 21 heavy (non-hydrogen) atoms. The number of benzene rings is 2. The highest BCUT2D eigenvalue weighted by Gasteiger charge is 2.15. The Hall–Kier alpha value is -1.02. The van der Waals surface area contributed by atoms with E-state index in [1.807, 2.05) is 36.4 Å². The minimum absolute atomic E-state index is 0.353. The summed E-state index contributed by atoms with van der Waals surface area (Å²) in [7, 11) is 0. The lowest BCUT2D eigenvalue weighted by molar-refractivity contribution is 0.527. The molecule has 0 spiro atoms. The molecule has 0 aliphatic rings. The maximum absolute atomic E-state index is 6.30. The molecule has 0 saturated carbocycles. The van der Waals surface area contributed by atoms with Gasteiger partial charge in [0.25, 0.3) is 0 Å². The monoisotopic (exact) mass is 321 g/mol. The zero-order valence-electron chi connectivity index (χ0n) is 12.4. The number of nitrogens with one attached hydrogen (secondary N) is 1. The molecule has 0 saturated heterocycles. The van der Waals surface area contributed by atoms with Crippen molar-refractivity contribution < 1.29 is 0 Å². The summed E-state index contributed by atoms with van der Waals surface area (Å²) in [5, 5.41) is 5.12. The van der Waals surface area contributed by atoms with Gasteiger partial charge < -0.3 is 5.32 Å². The molecule has 112 valence electrons. The Morgan fingerprint density at radius 2 is 1.76 bits per heavy atom. The molecule has 3 heteroatoms. The molecule has 1 nitrogen and oxygen atoms in total. The van der Waals surface area contributed by atoms with Gasteiger partial charge >= 0.3 is 0 Å². The topological polar surface area (TPSA) is 12.0 Å². The fourth-order valence-corrected chi connectivity index (χ4v) is 2.79. The van der Waals surface area contributed by atoms with Gasteiger partial charge in [-0.05, 0) is 35.7 Å². The first kappa shape index (κ1) is 16.4. The molecule has 0 fully saturated rings. The van der Waals surface area contributed by atoms with Gasteiger partial charge in [-0.15, -0.1) is 0 Å². The van der Waals surface area contributed by atoms with Crippen LogP contribution in [0, 0.1) is 0 Å². The van der Waals surface area contributed by atoms with Crippen LogP contribution in [0.5, 0.6) is 0 Å². The fourth-order valence-electron chi connectivity index (χ4n) is 2.38. The molecule has 1 N–H and O–H groups in total. The van der Waals surface area contributed by atoms with E-state index in [-0.39, 0.29) is 0 Å². The Labute approximate surface area is 137 Å². The number of halogens is 2. The third-order valence-electron chi connectivity index (χ3n) is 3.52. The summed E-state index contributed by atoms with van der Waals surface area (Å²) in [4.78, 5) is 0. The van der Waals surface area contributed by atoms with Crippen LogP contribution in [0.1, 0.15) is 30.9 Å². The first-order valence-corrected chi connectivity index (χ1v) is 8.04. The molecule has 1 unspecified atom stereocenters. The van der Waals surface area contributed by atoms with Crippen LogP contribution in [0.25, 0.3) is 0 Å². The number of hydrogen-bond donors (Lipinski definition) is 1. The van der Waals surface area contributed by atoms with Gasteiger partial charge in [-0.2, -0.15) is 0 Å². The maximum atomic E-state index is 6.30. The largest absolute Gasteiger partial charge is 0.314 e. The maximum Gasteiger partial charge on any atom is 0.0438 e. The minimum Gasteiger partial charge on any atom is -0.314 e. The van der Waals surface area contributed by atoms with Gasteiger partial charge in [-0.1, -0.05) is 67.4 Å². The first-order valence-electron chi connectivity index (χ1n) is 7.28. The molecule has 1 atom stereocenters. The van der Waals surface area contributed by atoms with Crippen LogP contribution >= 0.6 is 23.2 Å². The van der Waals surface area contributed by atoms with Crippen molar-refractivity contribution in [1.82, 2.24) is 5.32 Å². The average molecular weight is 322 g/mol. The lowest BCUT2D eigenvalue weighted by Crippen LogP contribution is -2.29. The van der Waals surface area contributed by atoms with Crippen molar-refractivity contribution in [2.24, 2.45) is 0 Å². The van der Waals surface area contributed by atoms with E-state index < -0.39 is 0 Å². The van der Waals surface area contributed by atoms with Gasteiger partial charge in [0, 0.05) is 28.5 Å². The van der Waals surface area contributed by atoms with Crippen molar-refractivity contribution >= 4 is 23.2 Å². The molecule has 0 bridgehead atoms. The predicted molar refractivity (Wildman–Crippen MR) is 92.5 cm³/mol. The molecular formula is C18H21Cl2N. The standard InChI is InChI=1S/C18H21Cl2N/c1-13(2)21-12-16(14-7-5-8-17(19)11-14)10-15-6-3-4-9-18(15)20/h3-9,11,13,16,21H,10,12H2,1-2H3. The Balaban J connectivity index is 2.21. The van der Waals surface area contributed by atoms with Crippen molar-refractivity contribution in [2.75, 3.05) is 6.54 Å². The SMILES string of the molecule is CC(C)NCC(Cc1ccccc1Cl)c1cccc(Cl)c1. The van der Waals surface area contributed by atoms with E-state index in [4.69, 9.17) is 23.2 Å². The summed E-state index contributed by atoms with van der Waals surface area (Å²) in [6.07, 6.45) is 0.903. The highest BCUT2D eigenvalue weighted by atomic mass is 35.5. The molecule has 2 aromatic rings. The van der Waals surface area contributed by atoms with Gasteiger partial charge in [-0.25, -0.2) is 0 Å². The molecular weight excluding hydrogens is 301 g/mol. The molecule has 2 rings (SSSR count). The van der Waals surface area contributed by atoms with Crippen LogP contribution in [0.15, 0.2) is 48.5 Å². The Bertz CT molecular complexity index is 581. The van der Waals surface area contributed by atoms with E-state index in [1.165, 1.54) is 11.1 Å². The van der Waals surface area contributed by atoms with Crippen molar-refractivity contribution in [3.8, 4) is 0 Å². The van der Waals surface area contributed by atoms with Crippen LogP contribution in [0.3, 0.4) is 0 Å². The van der Waals surface area contributed by atoms with E-state index in [1.54, 1.807) is 0 Å². The van der Waals surface area contributed by atoms with E-state index in [0.717, 1.165) is 23.0 Å². The molecule has 0 aliphatic carbocycles. The predicted octanol–water partition coefficient (Wildman–Crippen LogP) is 5.32. The second-order valence-electron chi connectivity index (χ2n) is 5.61. The molecule has 2 aromatic carbocycles. The van der Waals surface area contributed by atoms with Gasteiger partial charge in [-0.3, -0.25) is 0 Å². The molecule has 0 heterocycles. The molecule has 0 aliphatic heterocycles. The lowest BCUT2D eigenvalue weighted by atomic mass is 9.91. The number of rotatable bonds is 6. The molecule has 0 aromatic heterocycles. The normalized spacial score (nSPS) is 12.6. The highest BCUT2D eigenvalue weighted by molar-refractivity contribution is 6.31. The van der Waals surface area contributed by atoms with Gasteiger partial charge in [0.15, 0.2) is 0 Å². The average Bonchev–Trinajstić information content (AvgIpc) is 2.45. The first-order chi connectivity index (χ1) is 10.1. The third kappa shape index (κ3) is 5.03. The van der Waals surface area contributed by atoms with Crippen LogP contribution in [0.4, 0.5) is 0 Å². The summed E-state index contributed by atoms with van der Waals surface area (Å²) >= 11 is 12.4. The zero-order valence-corrected chi connectivity index (χ0v) is 14.0. The summed E-state index contributed by atoms with van der Waals surface area (Å²) in [5.74, 6) is 0.353. The fraction of sp³-hybridized carbons (Fsp3) is 0.333. The van der Waals surface area contributed by atoms with Gasteiger partial charge in [0.1, 0.15) is 0 Å². The summed E-state index contributed by atoms with van der Waals surface area (Å²) in [6, 6.07) is 16.6. The van der Waals surface area contributed by atoms with Gasteiger partial charge in [0.2, 0.25) is 0 Å². The van der Waals surface area contributed by atoms with Crippen LogP contribution < -0.4 is 5.32 Å². The molecule has 0 radical (unpaired) electrons. The Morgan fingerprint density at radius 3 is 2.43 bits per heavy atom. The van der Waals surface area contributed by atoms with E-state index in [0.29, 0.717) is 12.0 Å². The quantitative estimate of drug-likeness (QED) is 0.759. The zero-order chi connectivity index (χ0) is 15.2. The van der Waals surface area contributed by atoms with Crippen LogP contribution in [0.2, 0.25) is 10.0 Å². The van der Waals surface area contributed by atoms with E-state index in [9.17, 15) is 0 Å². The minimum atomic E-state index is 0.353.